The molecule has 1 amide bonds. The van der Waals surface area contributed by atoms with E-state index >= 15 is 0 Å². The number of methoxy groups -OCH3 is 1. The Morgan fingerprint density at radius 3 is 2.80 bits per heavy atom. The molecule has 2 aromatic heterocycles. The first-order valence-corrected chi connectivity index (χ1v) is 13.8. The number of aromatic amines is 1. The zero-order valence-corrected chi connectivity index (χ0v) is 23.5. The molecule has 0 saturated carbocycles. The maximum absolute atomic E-state index is 13.6. The molecule has 0 radical (unpaired) electrons. The van der Waals surface area contributed by atoms with Gasteiger partial charge in [0.1, 0.15) is 16.0 Å². The molecule has 0 bridgehead atoms. The van der Waals surface area contributed by atoms with Gasteiger partial charge in [0.15, 0.2) is 11.5 Å². The first-order chi connectivity index (χ1) is 20.0. The first kappa shape index (κ1) is 27.7. The summed E-state index contributed by atoms with van der Waals surface area (Å²) in [6, 6.07) is 15.1. The summed E-state index contributed by atoms with van der Waals surface area (Å²) < 4.78 is 11.2. The average molecular weight is 573 g/mol. The maximum atomic E-state index is 13.6. The molecule has 1 saturated heterocycles. The number of hydrogen-bond acceptors (Lipinski definition) is 12. The number of carbonyl (C=O) groups excluding carboxylic acids is 1. The minimum Gasteiger partial charge on any atom is -0.493 e. The fourth-order valence-corrected chi connectivity index (χ4v) is 5.41. The molecule has 2 aromatic carbocycles. The summed E-state index contributed by atoms with van der Waals surface area (Å²) in [7, 11) is 1.62. The minimum absolute atomic E-state index is 0.0214. The molecule has 41 heavy (non-hydrogen) atoms. The molecule has 4 aromatic rings. The number of hydrazine groups is 1. The number of anilines is 1. The van der Waals surface area contributed by atoms with Crippen LogP contribution in [0.4, 0.5) is 5.69 Å². The second-order valence-electron chi connectivity index (χ2n) is 9.07. The van der Waals surface area contributed by atoms with E-state index in [1.165, 1.54) is 11.3 Å². The SMILES string of the molecule is CCOc1cc(C2CCCN(C(=O)c3sc(-c4ccc(N/N=C(/C#N)c5nnn[nH]5)cc4)nc3C)N2)ccc1OC. The molecular formula is C27H28N10O3S. The fraction of sp³-hybridized carbons (Fsp3) is 0.296. The Bertz CT molecular complexity index is 1580. The van der Waals surface area contributed by atoms with E-state index in [0.717, 1.165) is 29.0 Å². The van der Waals surface area contributed by atoms with Crippen LogP contribution in [0.5, 0.6) is 11.5 Å². The number of nitriles is 1. The van der Waals surface area contributed by atoms with Gasteiger partial charge in [-0.2, -0.15) is 10.4 Å². The predicted octanol–water partition coefficient (Wildman–Crippen LogP) is 3.86. The van der Waals surface area contributed by atoms with Crippen LogP contribution < -0.4 is 20.3 Å². The Kier molecular flexibility index (Phi) is 8.47. The lowest BCUT2D eigenvalue weighted by molar-refractivity contribution is 0.0537. The summed E-state index contributed by atoms with van der Waals surface area (Å²) in [6.45, 7) is 4.92. The topological polar surface area (TPSA) is 166 Å². The number of tetrazole rings is 1. The number of amides is 1. The summed E-state index contributed by atoms with van der Waals surface area (Å²) in [5.41, 5.74) is 9.48. The monoisotopic (exact) mass is 572 g/mol. The van der Waals surface area contributed by atoms with Crippen molar-refractivity contribution in [3.8, 4) is 28.1 Å². The third-order valence-electron chi connectivity index (χ3n) is 6.42. The standard InChI is InChI=1S/C27H28N10O3S/c1-4-40-23-14-18(9-12-22(23)39-3)20-6-5-13-37(34-20)27(38)24-16(2)29-26(41-24)17-7-10-19(11-8-17)30-31-21(15-28)25-32-35-36-33-25/h7-12,14,20,30,34H,4-6,13H2,1-3H3,(H,32,33,35,36)/b31-21-. The van der Waals surface area contributed by atoms with Crippen molar-refractivity contribution in [2.24, 2.45) is 5.10 Å². The highest BCUT2D eigenvalue weighted by atomic mass is 32.1. The molecule has 1 aliphatic heterocycles. The Morgan fingerprint density at radius 2 is 2.10 bits per heavy atom. The summed E-state index contributed by atoms with van der Waals surface area (Å²) in [5.74, 6) is 1.43. The van der Waals surface area contributed by atoms with E-state index in [2.05, 4.69) is 41.6 Å². The van der Waals surface area contributed by atoms with E-state index in [1.54, 1.807) is 12.1 Å². The quantitative estimate of drug-likeness (QED) is 0.198. The van der Waals surface area contributed by atoms with Crippen LogP contribution in [0.25, 0.3) is 10.6 Å². The number of carbonyl (C=O) groups is 1. The Hall–Kier alpha value is -4.87. The molecule has 1 aliphatic rings. The smallest absolute Gasteiger partial charge is 0.279 e. The van der Waals surface area contributed by atoms with E-state index in [9.17, 15) is 10.1 Å². The van der Waals surface area contributed by atoms with Crippen LogP contribution in [0.1, 0.15) is 52.6 Å². The summed E-state index contributed by atoms with van der Waals surface area (Å²) in [4.78, 5) is 18.8. The maximum Gasteiger partial charge on any atom is 0.279 e. The number of thiazole rings is 1. The van der Waals surface area contributed by atoms with Crippen molar-refractivity contribution in [2.75, 3.05) is 25.7 Å². The number of nitrogens with zero attached hydrogens (tertiary/aromatic N) is 7. The highest BCUT2D eigenvalue weighted by Gasteiger charge is 2.28. The number of rotatable bonds is 9. The van der Waals surface area contributed by atoms with Crippen molar-refractivity contribution in [1.82, 2.24) is 36.0 Å². The third-order valence-corrected chi connectivity index (χ3v) is 7.61. The highest BCUT2D eigenvalue weighted by Crippen LogP contribution is 2.34. The van der Waals surface area contributed by atoms with E-state index in [-0.39, 0.29) is 23.5 Å². The molecule has 3 N–H and O–H groups in total. The molecule has 0 spiro atoms. The van der Waals surface area contributed by atoms with Gasteiger partial charge < -0.3 is 9.47 Å². The van der Waals surface area contributed by atoms with E-state index in [0.29, 0.717) is 40.9 Å². The van der Waals surface area contributed by atoms with Gasteiger partial charge in [0.25, 0.3) is 5.91 Å². The van der Waals surface area contributed by atoms with E-state index in [1.807, 2.05) is 62.4 Å². The van der Waals surface area contributed by atoms with E-state index in [4.69, 9.17) is 9.47 Å². The van der Waals surface area contributed by atoms with Gasteiger partial charge in [-0.3, -0.25) is 15.2 Å². The van der Waals surface area contributed by atoms with Crippen molar-refractivity contribution >= 4 is 28.6 Å². The van der Waals surface area contributed by atoms with Crippen molar-refractivity contribution in [1.29, 1.82) is 5.26 Å². The van der Waals surface area contributed by atoms with Gasteiger partial charge in [-0.15, -0.1) is 16.4 Å². The van der Waals surface area contributed by atoms with Crippen LogP contribution in [0.15, 0.2) is 47.6 Å². The number of benzene rings is 2. The van der Waals surface area contributed by atoms with Gasteiger partial charge in [-0.1, -0.05) is 6.07 Å². The summed E-state index contributed by atoms with van der Waals surface area (Å²) >= 11 is 1.36. The van der Waals surface area contributed by atoms with Gasteiger partial charge in [-0.05, 0) is 79.1 Å². The summed E-state index contributed by atoms with van der Waals surface area (Å²) in [6.07, 6.45) is 1.76. The lowest BCUT2D eigenvalue weighted by Crippen LogP contribution is -2.48. The zero-order valence-electron chi connectivity index (χ0n) is 22.7. The molecule has 5 rings (SSSR count). The third kappa shape index (κ3) is 6.16. The number of H-pyrrole nitrogens is 1. The Labute approximate surface area is 240 Å². The van der Waals surface area contributed by atoms with Crippen molar-refractivity contribution in [2.45, 2.75) is 32.7 Å². The lowest BCUT2D eigenvalue weighted by Gasteiger charge is -2.34. The predicted molar refractivity (Wildman–Crippen MR) is 153 cm³/mol. The second kappa shape index (κ2) is 12.5. The number of aryl methyl sites for hydroxylation is 1. The molecule has 1 unspecified atom stereocenters. The van der Waals surface area contributed by atoms with Crippen LogP contribution in [0, 0.1) is 18.3 Å². The van der Waals surface area contributed by atoms with Crippen molar-refractivity contribution in [3.05, 3.63) is 64.4 Å². The average Bonchev–Trinajstić information content (AvgIpc) is 3.68. The molecule has 1 atom stereocenters. The number of hydrogen-bond donors (Lipinski definition) is 3. The molecule has 13 nitrogen and oxygen atoms in total. The van der Waals surface area contributed by atoms with Crippen LogP contribution in [0.2, 0.25) is 0 Å². The van der Waals surface area contributed by atoms with Crippen LogP contribution in [-0.4, -0.2) is 62.5 Å². The molecule has 1 fully saturated rings. The fourth-order valence-electron chi connectivity index (χ4n) is 4.39. The van der Waals surface area contributed by atoms with Crippen molar-refractivity contribution < 1.29 is 14.3 Å². The van der Waals surface area contributed by atoms with Gasteiger partial charge in [-0.25, -0.2) is 15.5 Å². The Balaban J connectivity index is 1.28. The molecule has 0 aliphatic carbocycles. The number of nitrogens with one attached hydrogen (secondary N) is 3. The number of hydrazone groups is 1. The highest BCUT2D eigenvalue weighted by molar-refractivity contribution is 7.17. The lowest BCUT2D eigenvalue weighted by atomic mass is 10.00. The molecule has 3 heterocycles. The Morgan fingerprint density at radius 1 is 1.27 bits per heavy atom. The second-order valence-corrected chi connectivity index (χ2v) is 10.1. The van der Waals surface area contributed by atoms with Crippen molar-refractivity contribution in [3.63, 3.8) is 0 Å². The van der Waals surface area contributed by atoms with Gasteiger partial charge in [0.05, 0.1) is 31.1 Å². The number of ether oxygens (including phenoxy) is 2. The van der Waals surface area contributed by atoms with Crippen LogP contribution in [0.3, 0.4) is 0 Å². The molecular weight excluding hydrogens is 544 g/mol. The van der Waals surface area contributed by atoms with Gasteiger partial charge >= 0.3 is 0 Å². The largest absolute Gasteiger partial charge is 0.493 e. The van der Waals surface area contributed by atoms with E-state index < -0.39 is 0 Å². The van der Waals surface area contributed by atoms with Gasteiger partial charge in [0, 0.05) is 12.1 Å². The minimum atomic E-state index is -0.104. The van der Waals surface area contributed by atoms with Crippen LogP contribution in [-0.2, 0) is 0 Å². The normalized spacial score (nSPS) is 15.3. The molecule has 14 heteroatoms. The molecule has 210 valence electrons. The summed E-state index contributed by atoms with van der Waals surface area (Å²) in [5, 5.41) is 28.8. The number of aromatic nitrogens is 5. The van der Waals surface area contributed by atoms with Gasteiger partial charge in [0.2, 0.25) is 11.5 Å². The first-order valence-electron chi connectivity index (χ1n) is 12.9. The van der Waals surface area contributed by atoms with Crippen LogP contribution >= 0.6 is 11.3 Å². The zero-order chi connectivity index (χ0) is 28.8.